The van der Waals surface area contributed by atoms with E-state index in [1.165, 1.54) is 4.90 Å². The molecule has 1 aromatic rings. The van der Waals surface area contributed by atoms with E-state index in [0.717, 1.165) is 25.7 Å². The minimum atomic E-state index is -0.181. The van der Waals surface area contributed by atoms with E-state index in [1.807, 2.05) is 0 Å². The number of nitrogens with zero attached hydrogens (tertiary/aromatic N) is 1. The standard InChI is InChI=1S/C16H20N2O2/c1-16(2)7-3-4-11(9-16)18-14(19)12-6-5-10(17)8-13(12)15(18)20/h5-6,8,11H,3-4,7,9,17H2,1-2H3. The molecule has 1 atom stereocenters. The van der Waals surface area contributed by atoms with Crippen molar-refractivity contribution in [3.8, 4) is 0 Å². The van der Waals surface area contributed by atoms with Crippen molar-refractivity contribution in [1.82, 2.24) is 4.90 Å². The third-order valence-electron chi connectivity index (χ3n) is 4.49. The molecular weight excluding hydrogens is 252 g/mol. The van der Waals surface area contributed by atoms with E-state index in [9.17, 15) is 9.59 Å². The first-order chi connectivity index (χ1) is 9.39. The molecule has 2 N–H and O–H groups in total. The number of nitrogens with two attached hydrogens (primary N) is 1. The highest BCUT2D eigenvalue weighted by atomic mass is 16.2. The van der Waals surface area contributed by atoms with E-state index < -0.39 is 0 Å². The second-order valence-electron chi connectivity index (χ2n) is 6.70. The molecule has 0 saturated heterocycles. The second kappa shape index (κ2) is 4.33. The van der Waals surface area contributed by atoms with Crippen molar-refractivity contribution >= 4 is 17.5 Å². The van der Waals surface area contributed by atoms with E-state index in [1.54, 1.807) is 18.2 Å². The molecule has 3 rings (SSSR count). The first-order valence-corrected chi connectivity index (χ1v) is 7.16. The smallest absolute Gasteiger partial charge is 0.261 e. The van der Waals surface area contributed by atoms with Gasteiger partial charge in [-0.05, 0) is 42.9 Å². The van der Waals surface area contributed by atoms with Gasteiger partial charge >= 0.3 is 0 Å². The zero-order valence-corrected chi connectivity index (χ0v) is 12.0. The Hall–Kier alpha value is -1.84. The summed E-state index contributed by atoms with van der Waals surface area (Å²) in [5, 5.41) is 0. The van der Waals surface area contributed by atoms with Gasteiger partial charge in [0.2, 0.25) is 0 Å². The van der Waals surface area contributed by atoms with Gasteiger partial charge in [-0.1, -0.05) is 20.3 Å². The lowest BCUT2D eigenvalue weighted by molar-refractivity contribution is 0.0473. The zero-order valence-electron chi connectivity index (χ0n) is 12.0. The molecular formula is C16H20N2O2. The van der Waals surface area contributed by atoms with Crippen LogP contribution in [0.4, 0.5) is 5.69 Å². The van der Waals surface area contributed by atoms with Crippen LogP contribution in [0.5, 0.6) is 0 Å². The Morgan fingerprint density at radius 2 is 1.90 bits per heavy atom. The molecule has 2 amide bonds. The van der Waals surface area contributed by atoms with Crippen molar-refractivity contribution in [1.29, 1.82) is 0 Å². The molecule has 0 spiro atoms. The minimum absolute atomic E-state index is 0.0207. The molecule has 1 aromatic carbocycles. The molecule has 1 heterocycles. The number of benzene rings is 1. The first-order valence-electron chi connectivity index (χ1n) is 7.16. The van der Waals surface area contributed by atoms with Crippen LogP contribution < -0.4 is 5.73 Å². The third-order valence-corrected chi connectivity index (χ3v) is 4.49. The fourth-order valence-corrected chi connectivity index (χ4v) is 3.49. The summed E-state index contributed by atoms with van der Waals surface area (Å²) in [6.45, 7) is 4.41. The molecule has 1 aliphatic carbocycles. The monoisotopic (exact) mass is 272 g/mol. The van der Waals surface area contributed by atoms with E-state index in [2.05, 4.69) is 13.8 Å². The number of carbonyl (C=O) groups is 2. The van der Waals surface area contributed by atoms with Crippen LogP contribution in [0, 0.1) is 5.41 Å². The van der Waals surface area contributed by atoms with E-state index in [0.29, 0.717) is 16.8 Å². The van der Waals surface area contributed by atoms with Crippen molar-refractivity contribution in [3.63, 3.8) is 0 Å². The summed E-state index contributed by atoms with van der Waals surface area (Å²) in [6, 6.07) is 4.98. The van der Waals surface area contributed by atoms with E-state index in [4.69, 9.17) is 5.73 Å². The molecule has 1 saturated carbocycles. The molecule has 0 bridgehead atoms. The van der Waals surface area contributed by atoms with Crippen molar-refractivity contribution in [2.24, 2.45) is 5.41 Å². The zero-order chi connectivity index (χ0) is 14.5. The van der Waals surface area contributed by atoms with Gasteiger partial charge < -0.3 is 5.73 Å². The summed E-state index contributed by atoms with van der Waals surface area (Å²) in [6.07, 6.45) is 4.01. The van der Waals surface area contributed by atoms with E-state index >= 15 is 0 Å². The van der Waals surface area contributed by atoms with Crippen LogP contribution in [0.15, 0.2) is 18.2 Å². The van der Waals surface area contributed by atoms with Gasteiger partial charge in [-0.15, -0.1) is 0 Å². The molecule has 4 heteroatoms. The second-order valence-corrected chi connectivity index (χ2v) is 6.70. The van der Waals surface area contributed by atoms with Gasteiger partial charge in [0, 0.05) is 11.7 Å². The third kappa shape index (κ3) is 1.99. The summed E-state index contributed by atoms with van der Waals surface area (Å²) < 4.78 is 0. The number of nitrogen functional groups attached to an aromatic ring is 1. The van der Waals surface area contributed by atoms with Crippen LogP contribution in [0.1, 0.15) is 60.2 Å². The quantitative estimate of drug-likeness (QED) is 0.631. The summed E-state index contributed by atoms with van der Waals surface area (Å²) in [4.78, 5) is 26.5. The molecule has 20 heavy (non-hydrogen) atoms. The van der Waals surface area contributed by atoms with Crippen molar-refractivity contribution in [2.45, 2.75) is 45.6 Å². The number of imide groups is 1. The van der Waals surface area contributed by atoms with Gasteiger partial charge in [0.25, 0.3) is 11.8 Å². The van der Waals surface area contributed by atoms with Crippen LogP contribution in [0.2, 0.25) is 0 Å². The number of hydrogen-bond acceptors (Lipinski definition) is 3. The van der Waals surface area contributed by atoms with Gasteiger partial charge in [0.05, 0.1) is 11.1 Å². The van der Waals surface area contributed by atoms with Crippen LogP contribution >= 0.6 is 0 Å². The fraction of sp³-hybridized carbons (Fsp3) is 0.500. The Labute approximate surface area is 118 Å². The van der Waals surface area contributed by atoms with Crippen LogP contribution in [-0.4, -0.2) is 22.8 Å². The number of anilines is 1. The predicted octanol–water partition coefficient (Wildman–Crippen LogP) is 2.83. The highest BCUT2D eigenvalue weighted by Gasteiger charge is 2.42. The number of carbonyl (C=O) groups excluding carboxylic acids is 2. The van der Waals surface area contributed by atoms with Gasteiger partial charge in [0.15, 0.2) is 0 Å². The lowest BCUT2D eigenvalue weighted by Crippen LogP contribution is -2.44. The Kier molecular flexibility index (Phi) is 2.85. The van der Waals surface area contributed by atoms with Crippen molar-refractivity contribution < 1.29 is 9.59 Å². The Balaban J connectivity index is 1.93. The maximum absolute atomic E-state index is 12.5. The summed E-state index contributed by atoms with van der Waals surface area (Å²) >= 11 is 0. The lowest BCUT2D eigenvalue weighted by Gasteiger charge is -2.38. The maximum Gasteiger partial charge on any atom is 0.261 e. The first kappa shape index (κ1) is 13.2. The Morgan fingerprint density at radius 3 is 2.60 bits per heavy atom. The minimum Gasteiger partial charge on any atom is -0.399 e. The predicted molar refractivity (Wildman–Crippen MR) is 77.4 cm³/mol. The van der Waals surface area contributed by atoms with Crippen molar-refractivity contribution in [2.75, 3.05) is 5.73 Å². The molecule has 1 aliphatic heterocycles. The highest BCUT2D eigenvalue weighted by Crippen LogP contribution is 2.39. The molecule has 2 aliphatic rings. The number of fused-ring (bicyclic) bond motifs is 1. The van der Waals surface area contributed by atoms with Crippen LogP contribution in [-0.2, 0) is 0 Å². The Morgan fingerprint density at radius 1 is 1.20 bits per heavy atom. The normalized spacial score (nSPS) is 24.9. The Bertz CT molecular complexity index is 592. The largest absolute Gasteiger partial charge is 0.399 e. The topological polar surface area (TPSA) is 63.4 Å². The van der Waals surface area contributed by atoms with Crippen LogP contribution in [0.3, 0.4) is 0 Å². The number of rotatable bonds is 1. The molecule has 1 fully saturated rings. The highest BCUT2D eigenvalue weighted by molar-refractivity contribution is 6.21. The van der Waals surface area contributed by atoms with Gasteiger partial charge in [0.1, 0.15) is 0 Å². The fourth-order valence-electron chi connectivity index (χ4n) is 3.49. The van der Waals surface area contributed by atoms with E-state index in [-0.39, 0.29) is 23.3 Å². The summed E-state index contributed by atoms with van der Waals surface area (Å²) in [7, 11) is 0. The summed E-state index contributed by atoms with van der Waals surface area (Å²) in [5.41, 5.74) is 7.39. The number of amides is 2. The molecule has 0 radical (unpaired) electrons. The molecule has 4 nitrogen and oxygen atoms in total. The van der Waals surface area contributed by atoms with Gasteiger partial charge in [-0.25, -0.2) is 0 Å². The maximum atomic E-state index is 12.5. The average molecular weight is 272 g/mol. The number of hydrogen-bond donors (Lipinski definition) is 1. The van der Waals surface area contributed by atoms with Gasteiger partial charge in [-0.2, -0.15) is 0 Å². The molecule has 106 valence electrons. The van der Waals surface area contributed by atoms with Crippen molar-refractivity contribution in [3.05, 3.63) is 29.3 Å². The molecule has 1 unspecified atom stereocenters. The lowest BCUT2D eigenvalue weighted by atomic mass is 9.74. The summed E-state index contributed by atoms with van der Waals surface area (Å²) in [5.74, 6) is -0.340. The SMILES string of the molecule is CC1(C)CCCC(N2C(=O)c3ccc(N)cc3C2=O)C1. The van der Waals surface area contributed by atoms with Gasteiger partial charge in [-0.3, -0.25) is 14.5 Å². The van der Waals surface area contributed by atoms with Crippen LogP contribution in [0.25, 0.3) is 0 Å². The average Bonchev–Trinajstić information content (AvgIpc) is 2.60. The molecule has 0 aromatic heterocycles.